The van der Waals surface area contributed by atoms with Gasteiger partial charge in [0.1, 0.15) is 6.04 Å². The van der Waals surface area contributed by atoms with Crippen LogP contribution in [0, 0.1) is 11.3 Å². The van der Waals surface area contributed by atoms with Crippen LogP contribution in [0.25, 0.3) is 0 Å². The standard InChI is InChI=1S/C8H8BrN3O/c1-5(2-10)12-3-6(9)8(13)7(11)4-12/h3-5H,11H2,1H3. The molecule has 68 valence electrons. The predicted molar refractivity (Wildman–Crippen MR) is 53.1 cm³/mol. The van der Waals surface area contributed by atoms with Crippen molar-refractivity contribution in [3.63, 3.8) is 0 Å². The molecule has 2 N–H and O–H groups in total. The van der Waals surface area contributed by atoms with E-state index in [1.54, 1.807) is 17.7 Å². The highest BCUT2D eigenvalue weighted by Crippen LogP contribution is 2.10. The maximum absolute atomic E-state index is 11.2. The summed E-state index contributed by atoms with van der Waals surface area (Å²) in [5.74, 6) is 0. The number of hydrogen-bond acceptors (Lipinski definition) is 3. The summed E-state index contributed by atoms with van der Waals surface area (Å²) >= 11 is 3.07. The summed E-state index contributed by atoms with van der Waals surface area (Å²) in [5, 5.41) is 8.63. The molecule has 5 heteroatoms. The van der Waals surface area contributed by atoms with Crippen LogP contribution in [0.4, 0.5) is 5.69 Å². The van der Waals surface area contributed by atoms with Crippen molar-refractivity contribution in [2.45, 2.75) is 13.0 Å². The third-order valence-corrected chi connectivity index (χ3v) is 2.23. The smallest absolute Gasteiger partial charge is 0.218 e. The molecule has 13 heavy (non-hydrogen) atoms. The Morgan fingerprint density at radius 2 is 2.31 bits per heavy atom. The van der Waals surface area contributed by atoms with Gasteiger partial charge in [0.2, 0.25) is 5.43 Å². The number of pyridine rings is 1. The van der Waals surface area contributed by atoms with Crippen LogP contribution in [0.1, 0.15) is 13.0 Å². The molecular formula is C8H8BrN3O. The Balaban J connectivity index is 3.30. The Bertz CT molecular complexity index is 392. The second-order valence-electron chi connectivity index (χ2n) is 2.64. The van der Waals surface area contributed by atoms with Gasteiger partial charge in [-0.2, -0.15) is 5.26 Å². The monoisotopic (exact) mass is 241 g/mol. The van der Waals surface area contributed by atoms with E-state index in [9.17, 15) is 4.79 Å². The molecule has 1 rings (SSSR count). The molecule has 0 bridgehead atoms. The van der Waals surface area contributed by atoms with Gasteiger partial charge in [0.15, 0.2) is 0 Å². The largest absolute Gasteiger partial charge is 0.394 e. The van der Waals surface area contributed by atoms with Crippen molar-refractivity contribution < 1.29 is 0 Å². The van der Waals surface area contributed by atoms with E-state index in [4.69, 9.17) is 11.0 Å². The molecule has 4 nitrogen and oxygen atoms in total. The SMILES string of the molecule is CC(C#N)n1cc(N)c(=O)c(Br)c1. The normalized spacial score (nSPS) is 12.1. The highest BCUT2D eigenvalue weighted by molar-refractivity contribution is 9.10. The molecule has 0 aliphatic carbocycles. The Hall–Kier alpha value is -1.28. The van der Waals surface area contributed by atoms with E-state index in [2.05, 4.69) is 15.9 Å². The van der Waals surface area contributed by atoms with Crippen molar-refractivity contribution in [3.8, 4) is 6.07 Å². The quantitative estimate of drug-likeness (QED) is 0.806. The fourth-order valence-electron chi connectivity index (χ4n) is 0.874. The van der Waals surface area contributed by atoms with E-state index in [0.717, 1.165) is 0 Å². The van der Waals surface area contributed by atoms with Crippen LogP contribution in [0.15, 0.2) is 21.7 Å². The number of aromatic nitrogens is 1. The summed E-state index contributed by atoms with van der Waals surface area (Å²) in [5.41, 5.74) is 5.33. The lowest BCUT2D eigenvalue weighted by Gasteiger charge is -2.09. The van der Waals surface area contributed by atoms with Crippen LogP contribution in [0.3, 0.4) is 0 Å². The molecule has 0 fully saturated rings. The van der Waals surface area contributed by atoms with E-state index in [-0.39, 0.29) is 17.2 Å². The van der Waals surface area contributed by atoms with Crippen molar-refractivity contribution >= 4 is 21.6 Å². The first-order chi connectivity index (χ1) is 6.06. The number of halogens is 1. The minimum atomic E-state index is -0.334. The zero-order chi connectivity index (χ0) is 10.0. The van der Waals surface area contributed by atoms with E-state index in [1.807, 2.05) is 6.07 Å². The molecular weight excluding hydrogens is 234 g/mol. The molecule has 0 amide bonds. The van der Waals surface area contributed by atoms with Gasteiger partial charge in [0.05, 0.1) is 16.2 Å². The number of rotatable bonds is 1. The topological polar surface area (TPSA) is 71.8 Å². The lowest BCUT2D eigenvalue weighted by atomic mass is 10.3. The van der Waals surface area contributed by atoms with E-state index < -0.39 is 0 Å². The highest BCUT2D eigenvalue weighted by Gasteiger charge is 2.06. The predicted octanol–water partition coefficient (Wildman–Crippen LogP) is 1.28. The number of nitrogens with zero attached hydrogens (tertiary/aromatic N) is 2. The molecule has 0 spiro atoms. The minimum Gasteiger partial charge on any atom is -0.394 e. The third kappa shape index (κ3) is 1.90. The van der Waals surface area contributed by atoms with Gasteiger partial charge in [0, 0.05) is 12.4 Å². The average molecular weight is 242 g/mol. The van der Waals surface area contributed by atoms with Crippen LogP contribution in [0.5, 0.6) is 0 Å². The molecule has 1 aromatic heterocycles. The number of nitrogens with two attached hydrogens (primary N) is 1. The summed E-state index contributed by atoms with van der Waals surface area (Å²) in [4.78, 5) is 11.2. The van der Waals surface area contributed by atoms with Gasteiger partial charge in [-0.25, -0.2) is 0 Å². The maximum Gasteiger partial charge on any atom is 0.218 e. The molecule has 1 heterocycles. The fourth-order valence-corrected chi connectivity index (χ4v) is 1.34. The van der Waals surface area contributed by atoms with Gasteiger partial charge in [-0.15, -0.1) is 0 Å². The van der Waals surface area contributed by atoms with Crippen LogP contribution in [-0.4, -0.2) is 4.57 Å². The fraction of sp³-hybridized carbons (Fsp3) is 0.250. The molecule has 0 saturated heterocycles. The maximum atomic E-state index is 11.2. The average Bonchev–Trinajstić information content (AvgIpc) is 2.12. The molecule has 0 aromatic carbocycles. The second kappa shape index (κ2) is 3.62. The van der Waals surface area contributed by atoms with Crippen molar-refractivity contribution in [3.05, 3.63) is 27.1 Å². The van der Waals surface area contributed by atoms with Gasteiger partial charge >= 0.3 is 0 Å². The first-order valence-electron chi connectivity index (χ1n) is 3.62. The third-order valence-electron chi connectivity index (χ3n) is 1.66. The summed E-state index contributed by atoms with van der Waals surface area (Å²) < 4.78 is 1.95. The number of nitriles is 1. The van der Waals surface area contributed by atoms with Gasteiger partial charge in [-0.3, -0.25) is 4.79 Å². The van der Waals surface area contributed by atoms with Gasteiger partial charge in [-0.05, 0) is 22.9 Å². The van der Waals surface area contributed by atoms with E-state index >= 15 is 0 Å². The Labute approximate surface area is 83.7 Å². The zero-order valence-corrected chi connectivity index (χ0v) is 8.58. The van der Waals surface area contributed by atoms with Crippen LogP contribution >= 0.6 is 15.9 Å². The van der Waals surface area contributed by atoms with Crippen molar-refractivity contribution in [2.24, 2.45) is 0 Å². The van der Waals surface area contributed by atoms with Gasteiger partial charge in [-0.1, -0.05) is 0 Å². The molecule has 1 atom stereocenters. The Kier molecular flexibility index (Phi) is 2.73. The minimum absolute atomic E-state index is 0.136. The molecule has 1 unspecified atom stereocenters. The number of hydrogen-bond donors (Lipinski definition) is 1. The van der Waals surface area contributed by atoms with Gasteiger partial charge < -0.3 is 10.3 Å². The molecule has 1 aromatic rings. The molecule has 0 saturated carbocycles. The summed E-state index contributed by atoms with van der Waals surface area (Å²) in [6, 6.07) is 1.71. The summed E-state index contributed by atoms with van der Waals surface area (Å²) in [6.45, 7) is 1.72. The van der Waals surface area contributed by atoms with Crippen molar-refractivity contribution in [2.75, 3.05) is 5.73 Å². The van der Waals surface area contributed by atoms with E-state index in [1.165, 1.54) is 6.20 Å². The van der Waals surface area contributed by atoms with Gasteiger partial charge in [0.25, 0.3) is 0 Å². The molecule has 0 radical (unpaired) electrons. The first kappa shape index (κ1) is 9.81. The first-order valence-corrected chi connectivity index (χ1v) is 4.42. The number of anilines is 1. The zero-order valence-electron chi connectivity index (χ0n) is 6.99. The lowest BCUT2D eigenvalue weighted by molar-refractivity contribution is 0.666. The highest BCUT2D eigenvalue weighted by atomic mass is 79.9. The lowest BCUT2D eigenvalue weighted by Crippen LogP contribution is -2.14. The number of nitrogen functional groups attached to an aromatic ring is 1. The second-order valence-corrected chi connectivity index (χ2v) is 3.50. The van der Waals surface area contributed by atoms with E-state index in [0.29, 0.717) is 4.47 Å². The van der Waals surface area contributed by atoms with Crippen molar-refractivity contribution in [1.82, 2.24) is 4.57 Å². The van der Waals surface area contributed by atoms with Crippen molar-refractivity contribution in [1.29, 1.82) is 5.26 Å². The molecule has 0 aliphatic heterocycles. The Morgan fingerprint density at radius 1 is 1.69 bits per heavy atom. The Morgan fingerprint density at radius 3 is 2.77 bits per heavy atom. The van der Waals surface area contributed by atoms with Crippen LogP contribution < -0.4 is 11.2 Å². The van der Waals surface area contributed by atoms with Crippen LogP contribution in [0.2, 0.25) is 0 Å². The summed E-state index contributed by atoms with van der Waals surface area (Å²) in [6.07, 6.45) is 3.01. The van der Waals surface area contributed by atoms with Crippen LogP contribution in [-0.2, 0) is 0 Å². The molecule has 0 aliphatic rings. The summed E-state index contributed by atoms with van der Waals surface area (Å²) in [7, 11) is 0.